The monoisotopic (exact) mass is 218 g/mol. The zero-order chi connectivity index (χ0) is 11.1. The molecule has 5 heteroatoms. The van der Waals surface area contributed by atoms with E-state index in [1.807, 2.05) is 6.07 Å². The van der Waals surface area contributed by atoms with Crippen LogP contribution in [0.4, 0.5) is 0 Å². The summed E-state index contributed by atoms with van der Waals surface area (Å²) in [6.45, 7) is 2.10. The number of pyridine rings is 1. The van der Waals surface area contributed by atoms with E-state index in [-0.39, 0.29) is 5.56 Å². The van der Waals surface area contributed by atoms with Crippen molar-refractivity contribution in [3.8, 4) is 0 Å². The fourth-order valence-corrected chi connectivity index (χ4v) is 2.28. The Morgan fingerprint density at radius 2 is 2.38 bits per heavy atom. The lowest BCUT2D eigenvalue weighted by molar-refractivity contribution is 0.409. The predicted octanol–water partition coefficient (Wildman–Crippen LogP) is 0.442. The van der Waals surface area contributed by atoms with Gasteiger partial charge >= 0.3 is 0 Å². The number of hydrogen-bond donors (Lipinski definition) is 1. The third-order valence-electron chi connectivity index (χ3n) is 3.17. The number of nitrogens with one attached hydrogen (secondary N) is 1. The largest absolute Gasteiger partial charge is 0.306 e. The molecular formula is C11H14N4O. The van der Waals surface area contributed by atoms with E-state index in [1.54, 1.807) is 6.07 Å². The molecule has 0 saturated carbocycles. The van der Waals surface area contributed by atoms with Gasteiger partial charge in [0.1, 0.15) is 5.82 Å². The summed E-state index contributed by atoms with van der Waals surface area (Å²) in [5, 5.41) is 3.09. The number of aromatic amines is 1. The Morgan fingerprint density at radius 1 is 1.50 bits per heavy atom. The van der Waals surface area contributed by atoms with Crippen molar-refractivity contribution in [1.29, 1.82) is 0 Å². The molecule has 0 bridgehead atoms. The minimum Gasteiger partial charge on any atom is -0.306 e. The summed E-state index contributed by atoms with van der Waals surface area (Å²) in [4.78, 5) is 18.3. The van der Waals surface area contributed by atoms with E-state index >= 15 is 0 Å². The molecule has 5 nitrogen and oxygen atoms in total. The summed E-state index contributed by atoms with van der Waals surface area (Å²) in [5.74, 6) is 1.34. The molecule has 1 saturated heterocycles. The second kappa shape index (κ2) is 3.45. The quantitative estimate of drug-likeness (QED) is 0.755. The van der Waals surface area contributed by atoms with E-state index in [4.69, 9.17) is 0 Å². The number of rotatable bonds is 1. The van der Waals surface area contributed by atoms with E-state index in [0.29, 0.717) is 11.6 Å². The molecule has 84 valence electrons. The van der Waals surface area contributed by atoms with Gasteiger partial charge in [-0.3, -0.25) is 9.89 Å². The molecule has 2 aromatic rings. The number of aromatic nitrogens is 3. The van der Waals surface area contributed by atoms with Crippen LogP contribution in [0.3, 0.4) is 0 Å². The lowest BCUT2D eigenvalue weighted by atomic mass is 10.1. The van der Waals surface area contributed by atoms with Gasteiger partial charge in [-0.25, -0.2) is 9.50 Å². The van der Waals surface area contributed by atoms with E-state index in [0.717, 1.165) is 25.3 Å². The smallest absolute Gasteiger partial charge is 0.271 e. The Balaban J connectivity index is 2.06. The number of likely N-dealkylation sites (N-methyl/N-ethyl adjacent to an activating group) is 1. The lowest BCUT2D eigenvalue weighted by Gasteiger charge is -2.06. The van der Waals surface area contributed by atoms with Crippen LogP contribution < -0.4 is 5.56 Å². The van der Waals surface area contributed by atoms with Gasteiger partial charge in [0.05, 0.1) is 0 Å². The van der Waals surface area contributed by atoms with Gasteiger partial charge in [0.25, 0.3) is 5.56 Å². The molecular weight excluding hydrogens is 204 g/mol. The molecule has 16 heavy (non-hydrogen) atoms. The molecule has 1 fully saturated rings. The highest BCUT2D eigenvalue weighted by Crippen LogP contribution is 2.23. The molecule has 3 heterocycles. The fraction of sp³-hybridized carbons (Fsp3) is 0.455. The summed E-state index contributed by atoms with van der Waals surface area (Å²) >= 11 is 0. The third-order valence-corrected chi connectivity index (χ3v) is 3.17. The second-order valence-corrected chi connectivity index (χ2v) is 4.41. The molecule has 0 aromatic carbocycles. The SMILES string of the molecule is CN1CCC(c2nc3cccc(=O)n3[nH]2)C1. The first-order valence-electron chi connectivity index (χ1n) is 5.50. The van der Waals surface area contributed by atoms with Crippen LogP contribution in [0.2, 0.25) is 0 Å². The van der Waals surface area contributed by atoms with Gasteiger partial charge in [0.15, 0.2) is 5.65 Å². The van der Waals surface area contributed by atoms with Gasteiger partial charge < -0.3 is 4.90 Å². The molecule has 0 radical (unpaired) electrons. The molecule has 0 spiro atoms. The van der Waals surface area contributed by atoms with Crippen LogP contribution in [-0.4, -0.2) is 39.6 Å². The van der Waals surface area contributed by atoms with E-state index in [1.165, 1.54) is 10.6 Å². The molecule has 1 aliphatic heterocycles. The van der Waals surface area contributed by atoms with Gasteiger partial charge in [0, 0.05) is 18.5 Å². The first-order chi connectivity index (χ1) is 7.74. The molecule has 3 rings (SSSR count). The Kier molecular flexibility index (Phi) is 2.07. The highest BCUT2D eigenvalue weighted by atomic mass is 16.1. The topological polar surface area (TPSA) is 53.4 Å². The number of likely N-dealkylation sites (tertiary alicyclic amines) is 1. The van der Waals surface area contributed by atoms with Gasteiger partial charge in [-0.2, -0.15) is 0 Å². The Labute approximate surface area is 92.7 Å². The van der Waals surface area contributed by atoms with Crippen molar-refractivity contribution < 1.29 is 0 Å². The highest BCUT2D eigenvalue weighted by molar-refractivity contribution is 5.36. The summed E-state index contributed by atoms with van der Waals surface area (Å²) < 4.78 is 1.51. The summed E-state index contributed by atoms with van der Waals surface area (Å²) in [6, 6.07) is 5.12. The average Bonchev–Trinajstić information content (AvgIpc) is 2.84. The first-order valence-corrected chi connectivity index (χ1v) is 5.50. The van der Waals surface area contributed by atoms with Crippen molar-refractivity contribution in [2.45, 2.75) is 12.3 Å². The number of H-pyrrole nitrogens is 1. The number of nitrogens with zero attached hydrogens (tertiary/aromatic N) is 3. The molecule has 1 aliphatic rings. The summed E-state index contributed by atoms with van der Waals surface area (Å²) in [5.41, 5.74) is 0.652. The van der Waals surface area contributed by atoms with Crippen molar-refractivity contribution in [1.82, 2.24) is 19.5 Å². The summed E-state index contributed by atoms with van der Waals surface area (Å²) in [6.07, 6.45) is 1.10. The Hall–Kier alpha value is -1.62. The summed E-state index contributed by atoms with van der Waals surface area (Å²) in [7, 11) is 2.11. The van der Waals surface area contributed by atoms with Crippen LogP contribution in [0.1, 0.15) is 18.2 Å². The maximum atomic E-state index is 11.6. The minimum atomic E-state index is -0.0531. The Bertz CT molecular complexity index is 571. The predicted molar refractivity (Wildman–Crippen MR) is 60.7 cm³/mol. The molecule has 1 N–H and O–H groups in total. The van der Waals surface area contributed by atoms with Crippen LogP contribution in [-0.2, 0) is 0 Å². The molecule has 1 unspecified atom stereocenters. The van der Waals surface area contributed by atoms with Gasteiger partial charge in [0.2, 0.25) is 0 Å². The number of hydrogen-bond acceptors (Lipinski definition) is 3. The van der Waals surface area contributed by atoms with Crippen molar-refractivity contribution in [2.24, 2.45) is 0 Å². The van der Waals surface area contributed by atoms with Gasteiger partial charge in [-0.05, 0) is 26.1 Å². The average molecular weight is 218 g/mol. The van der Waals surface area contributed by atoms with Crippen LogP contribution in [0.25, 0.3) is 5.65 Å². The van der Waals surface area contributed by atoms with E-state index in [2.05, 4.69) is 22.0 Å². The number of fused-ring (bicyclic) bond motifs is 1. The minimum absolute atomic E-state index is 0.0531. The van der Waals surface area contributed by atoms with Crippen LogP contribution in [0, 0.1) is 0 Å². The third kappa shape index (κ3) is 1.44. The maximum Gasteiger partial charge on any atom is 0.271 e. The highest BCUT2D eigenvalue weighted by Gasteiger charge is 2.23. The maximum absolute atomic E-state index is 11.6. The van der Waals surface area contributed by atoms with E-state index in [9.17, 15) is 4.79 Å². The zero-order valence-electron chi connectivity index (χ0n) is 9.18. The normalized spacial score (nSPS) is 21.9. The Morgan fingerprint density at radius 3 is 3.06 bits per heavy atom. The molecule has 0 aliphatic carbocycles. The first kappa shape index (κ1) is 9.59. The van der Waals surface area contributed by atoms with Crippen LogP contribution in [0.5, 0.6) is 0 Å². The molecule has 1 atom stereocenters. The fourth-order valence-electron chi connectivity index (χ4n) is 2.28. The van der Waals surface area contributed by atoms with Crippen LogP contribution in [0.15, 0.2) is 23.0 Å². The molecule has 0 amide bonds. The second-order valence-electron chi connectivity index (χ2n) is 4.41. The van der Waals surface area contributed by atoms with Crippen molar-refractivity contribution in [3.63, 3.8) is 0 Å². The van der Waals surface area contributed by atoms with Crippen molar-refractivity contribution in [2.75, 3.05) is 20.1 Å². The lowest BCUT2D eigenvalue weighted by Crippen LogP contribution is -2.14. The van der Waals surface area contributed by atoms with E-state index < -0.39 is 0 Å². The van der Waals surface area contributed by atoms with Gasteiger partial charge in [-0.15, -0.1) is 0 Å². The standard InChI is InChI=1S/C11H14N4O/c1-14-6-5-8(7-14)11-12-9-3-2-4-10(16)15(9)13-11/h2-4,8H,5-7H2,1H3,(H,12,13). The van der Waals surface area contributed by atoms with Crippen molar-refractivity contribution >= 4 is 5.65 Å². The molecule has 2 aromatic heterocycles. The zero-order valence-corrected chi connectivity index (χ0v) is 9.18. The van der Waals surface area contributed by atoms with Crippen LogP contribution >= 0.6 is 0 Å². The van der Waals surface area contributed by atoms with Crippen molar-refractivity contribution in [3.05, 3.63) is 34.4 Å². The van der Waals surface area contributed by atoms with Gasteiger partial charge in [-0.1, -0.05) is 6.07 Å².